The molecule has 0 radical (unpaired) electrons. The van der Waals surface area contributed by atoms with Crippen LogP contribution in [-0.4, -0.2) is 30.2 Å². The first-order chi connectivity index (χ1) is 9.67. The van der Waals surface area contributed by atoms with E-state index in [1.165, 1.54) is 31.4 Å². The molecule has 1 aliphatic carbocycles. The van der Waals surface area contributed by atoms with Crippen LogP contribution in [-0.2, 0) is 4.74 Å². The van der Waals surface area contributed by atoms with Crippen LogP contribution in [0.4, 0.5) is 5.82 Å². The Morgan fingerprint density at radius 2 is 2.05 bits per heavy atom. The van der Waals surface area contributed by atoms with Crippen LogP contribution in [0.1, 0.15) is 62.9 Å². The normalized spacial score (nSPS) is 17.4. The van der Waals surface area contributed by atoms with Gasteiger partial charge in [-0.3, -0.25) is 0 Å². The van der Waals surface area contributed by atoms with Crippen LogP contribution in [0, 0.1) is 0 Å². The predicted molar refractivity (Wildman–Crippen MR) is 85.4 cm³/mol. The zero-order valence-electron chi connectivity index (χ0n) is 12.6. The maximum Gasteiger partial charge on any atom is 0.144 e. The molecule has 1 aliphatic rings. The first-order valence-electron chi connectivity index (χ1n) is 7.47. The smallest absolute Gasteiger partial charge is 0.144 e. The summed E-state index contributed by atoms with van der Waals surface area (Å²) in [5.74, 6) is 2.58. The minimum atomic E-state index is 0.214. The van der Waals surface area contributed by atoms with Crippen molar-refractivity contribution in [3.8, 4) is 0 Å². The topological polar surface area (TPSA) is 47.0 Å². The quantitative estimate of drug-likeness (QED) is 0.846. The van der Waals surface area contributed by atoms with Crippen LogP contribution >= 0.6 is 15.9 Å². The molecular formula is C15H24BrN3O. The van der Waals surface area contributed by atoms with Gasteiger partial charge in [0.15, 0.2) is 0 Å². The van der Waals surface area contributed by atoms with Crippen LogP contribution < -0.4 is 5.32 Å². The van der Waals surface area contributed by atoms with Gasteiger partial charge in [-0.25, -0.2) is 9.97 Å². The molecule has 1 N–H and O–H groups in total. The second-order valence-electron chi connectivity index (χ2n) is 5.50. The number of aromatic nitrogens is 2. The summed E-state index contributed by atoms with van der Waals surface area (Å²) in [5.41, 5.74) is 1.17. The van der Waals surface area contributed by atoms with Crippen LogP contribution in [0.2, 0.25) is 0 Å². The molecule has 1 fully saturated rings. The zero-order valence-corrected chi connectivity index (χ0v) is 14.2. The van der Waals surface area contributed by atoms with E-state index in [0.717, 1.165) is 22.7 Å². The highest BCUT2D eigenvalue weighted by molar-refractivity contribution is 9.10. The van der Waals surface area contributed by atoms with E-state index in [9.17, 15) is 0 Å². The molecule has 1 atom stereocenters. The monoisotopic (exact) mass is 341 g/mol. The first kappa shape index (κ1) is 15.7. The molecule has 0 aliphatic heterocycles. The second kappa shape index (κ2) is 7.36. The van der Waals surface area contributed by atoms with Crippen molar-refractivity contribution >= 4 is 21.7 Å². The van der Waals surface area contributed by atoms with Crippen molar-refractivity contribution in [2.75, 3.05) is 25.6 Å². The van der Waals surface area contributed by atoms with Gasteiger partial charge in [0, 0.05) is 25.5 Å². The fraction of sp³-hybridized carbons (Fsp3) is 0.733. The summed E-state index contributed by atoms with van der Waals surface area (Å²) in [4.78, 5) is 9.50. The summed E-state index contributed by atoms with van der Waals surface area (Å²) in [6, 6.07) is 0. The number of hydrogen-bond acceptors (Lipinski definition) is 4. The van der Waals surface area contributed by atoms with Gasteiger partial charge in [-0.1, -0.05) is 19.8 Å². The van der Waals surface area contributed by atoms with E-state index in [1.807, 2.05) is 0 Å². The van der Waals surface area contributed by atoms with Crippen LogP contribution in [0.3, 0.4) is 0 Å². The Kier molecular flexibility index (Phi) is 5.78. The number of anilines is 1. The van der Waals surface area contributed by atoms with Crippen LogP contribution in [0.5, 0.6) is 0 Å². The number of rotatable bonds is 6. The fourth-order valence-corrected chi connectivity index (χ4v) is 3.42. The number of halogens is 1. The van der Waals surface area contributed by atoms with E-state index in [2.05, 4.69) is 40.1 Å². The molecular weight excluding hydrogens is 318 g/mol. The van der Waals surface area contributed by atoms with E-state index >= 15 is 0 Å². The molecule has 2 rings (SSSR count). The number of hydrogen-bond donors (Lipinski definition) is 1. The molecule has 1 aromatic rings. The number of nitrogens with one attached hydrogen (secondary N) is 1. The summed E-state index contributed by atoms with van der Waals surface area (Å²) in [7, 11) is 1.72. The lowest BCUT2D eigenvalue weighted by Gasteiger charge is -2.18. The third-order valence-corrected chi connectivity index (χ3v) is 4.62. The molecule has 0 spiro atoms. The molecule has 0 amide bonds. The molecule has 20 heavy (non-hydrogen) atoms. The van der Waals surface area contributed by atoms with E-state index in [1.54, 1.807) is 7.11 Å². The summed E-state index contributed by atoms with van der Waals surface area (Å²) in [5, 5.41) is 3.34. The Morgan fingerprint density at radius 1 is 1.35 bits per heavy atom. The van der Waals surface area contributed by atoms with Crippen molar-refractivity contribution in [3.05, 3.63) is 16.0 Å². The van der Waals surface area contributed by atoms with Gasteiger partial charge in [-0.2, -0.15) is 0 Å². The van der Waals surface area contributed by atoms with E-state index in [-0.39, 0.29) is 5.92 Å². The first-order valence-corrected chi connectivity index (χ1v) is 8.26. The van der Waals surface area contributed by atoms with E-state index < -0.39 is 0 Å². The average Bonchev–Trinajstić information content (AvgIpc) is 2.95. The average molecular weight is 342 g/mol. The van der Waals surface area contributed by atoms with Gasteiger partial charge in [-0.15, -0.1) is 0 Å². The van der Waals surface area contributed by atoms with Gasteiger partial charge >= 0.3 is 0 Å². The largest absolute Gasteiger partial charge is 0.384 e. The molecule has 0 saturated heterocycles. The molecule has 1 unspecified atom stereocenters. The maximum absolute atomic E-state index is 5.24. The molecule has 1 aromatic heterocycles. The van der Waals surface area contributed by atoms with Crippen molar-refractivity contribution in [1.82, 2.24) is 9.97 Å². The fourth-order valence-electron chi connectivity index (χ4n) is 2.78. The predicted octanol–water partition coefficient (Wildman–Crippen LogP) is 4.08. The van der Waals surface area contributed by atoms with Crippen molar-refractivity contribution in [3.63, 3.8) is 0 Å². The Hall–Kier alpha value is -0.680. The number of nitrogens with zero attached hydrogens (tertiary/aromatic N) is 2. The summed E-state index contributed by atoms with van der Waals surface area (Å²) in [6.45, 7) is 5.71. The maximum atomic E-state index is 5.24. The molecule has 0 bridgehead atoms. The number of ether oxygens (including phenoxy) is 1. The van der Waals surface area contributed by atoms with Gasteiger partial charge in [0.2, 0.25) is 0 Å². The van der Waals surface area contributed by atoms with Gasteiger partial charge in [0.1, 0.15) is 11.6 Å². The lowest BCUT2D eigenvalue weighted by molar-refractivity contribution is 0.181. The Morgan fingerprint density at radius 3 is 2.65 bits per heavy atom. The van der Waals surface area contributed by atoms with E-state index in [0.29, 0.717) is 12.5 Å². The van der Waals surface area contributed by atoms with Crippen molar-refractivity contribution in [2.24, 2.45) is 0 Å². The SMILES string of the molecule is CCNc1nc(C(C)COC)nc(C2CCCC2)c1Br. The highest BCUT2D eigenvalue weighted by Crippen LogP contribution is 2.39. The Bertz CT molecular complexity index is 447. The molecule has 4 nitrogen and oxygen atoms in total. The van der Waals surface area contributed by atoms with Gasteiger partial charge in [0.25, 0.3) is 0 Å². The third kappa shape index (κ3) is 3.50. The van der Waals surface area contributed by atoms with Crippen LogP contribution in [0.15, 0.2) is 4.47 Å². The molecule has 112 valence electrons. The number of methoxy groups -OCH3 is 1. The zero-order chi connectivity index (χ0) is 14.5. The molecule has 5 heteroatoms. The Balaban J connectivity index is 2.37. The van der Waals surface area contributed by atoms with Crippen molar-refractivity contribution in [2.45, 2.75) is 51.4 Å². The highest BCUT2D eigenvalue weighted by atomic mass is 79.9. The van der Waals surface area contributed by atoms with E-state index in [4.69, 9.17) is 9.72 Å². The minimum absolute atomic E-state index is 0.214. The standard InChI is InChI=1S/C15H24BrN3O/c1-4-17-15-12(16)13(11-7-5-6-8-11)18-14(19-15)10(2)9-20-3/h10-11H,4-9H2,1-3H3,(H,17,18,19). The highest BCUT2D eigenvalue weighted by Gasteiger charge is 2.24. The lowest BCUT2D eigenvalue weighted by Crippen LogP contribution is -2.14. The van der Waals surface area contributed by atoms with Gasteiger partial charge in [0.05, 0.1) is 16.8 Å². The van der Waals surface area contributed by atoms with Crippen molar-refractivity contribution in [1.29, 1.82) is 0 Å². The summed E-state index contributed by atoms with van der Waals surface area (Å²) < 4.78 is 6.28. The van der Waals surface area contributed by atoms with Crippen molar-refractivity contribution < 1.29 is 4.74 Å². The lowest BCUT2D eigenvalue weighted by atomic mass is 10.0. The molecule has 1 heterocycles. The molecule has 1 saturated carbocycles. The van der Waals surface area contributed by atoms with Crippen LogP contribution in [0.25, 0.3) is 0 Å². The second-order valence-corrected chi connectivity index (χ2v) is 6.29. The van der Waals surface area contributed by atoms with Gasteiger partial charge in [-0.05, 0) is 35.7 Å². The van der Waals surface area contributed by atoms with Gasteiger partial charge < -0.3 is 10.1 Å². The summed E-state index contributed by atoms with van der Waals surface area (Å²) in [6.07, 6.45) is 5.08. The molecule has 0 aromatic carbocycles. The minimum Gasteiger partial charge on any atom is -0.384 e. The summed E-state index contributed by atoms with van der Waals surface area (Å²) >= 11 is 3.70. The third-order valence-electron chi connectivity index (χ3n) is 3.84. The Labute approximate surface area is 129 Å².